The zero-order valence-corrected chi connectivity index (χ0v) is 16.4. The van der Waals surface area contributed by atoms with E-state index in [1.54, 1.807) is 38.5 Å². The van der Waals surface area contributed by atoms with E-state index in [0.29, 0.717) is 28.6 Å². The van der Waals surface area contributed by atoms with Crippen LogP contribution in [0.5, 0.6) is 11.5 Å². The van der Waals surface area contributed by atoms with E-state index in [2.05, 4.69) is 10.6 Å². The summed E-state index contributed by atoms with van der Waals surface area (Å²) in [7, 11) is 3.23. The molecule has 0 aliphatic rings. The van der Waals surface area contributed by atoms with Gasteiger partial charge in [-0.1, -0.05) is 17.7 Å². The van der Waals surface area contributed by atoms with Gasteiger partial charge in [-0.3, -0.25) is 4.79 Å². The second kappa shape index (κ2) is 9.15. The zero-order chi connectivity index (χ0) is 19.9. The number of hydrogen-bond donors (Lipinski definition) is 2. The van der Waals surface area contributed by atoms with Crippen LogP contribution in [0, 0.1) is 0 Å². The van der Waals surface area contributed by atoms with Gasteiger partial charge in [-0.05, 0) is 66.2 Å². The molecule has 0 saturated carbocycles. The average molecular weight is 397 g/mol. The summed E-state index contributed by atoms with van der Waals surface area (Å²) in [6.45, 7) is 0.636. The summed E-state index contributed by atoms with van der Waals surface area (Å²) in [5.74, 6) is 1.22. The van der Waals surface area contributed by atoms with Crippen LogP contribution in [0.1, 0.15) is 15.9 Å². The highest BCUT2D eigenvalue weighted by molar-refractivity contribution is 6.30. The molecule has 28 heavy (non-hydrogen) atoms. The Morgan fingerprint density at radius 3 is 2.14 bits per heavy atom. The number of anilines is 2. The van der Waals surface area contributed by atoms with Crippen LogP contribution < -0.4 is 20.1 Å². The standard InChI is InChI=1S/C22H21ClN2O3/c1-27-20-12-3-15(13-21(20)28-2)14-24-18-8-10-19(11-9-18)25-22(26)16-4-6-17(23)7-5-16/h3-13,24H,14H2,1-2H3,(H,25,26). The van der Waals surface area contributed by atoms with E-state index in [0.717, 1.165) is 16.9 Å². The molecule has 0 heterocycles. The fourth-order valence-electron chi connectivity index (χ4n) is 2.67. The summed E-state index contributed by atoms with van der Waals surface area (Å²) in [5, 5.41) is 6.81. The van der Waals surface area contributed by atoms with E-state index in [1.165, 1.54) is 0 Å². The lowest BCUT2D eigenvalue weighted by Gasteiger charge is -2.11. The molecular formula is C22H21ClN2O3. The van der Waals surface area contributed by atoms with Crippen molar-refractivity contribution in [3.63, 3.8) is 0 Å². The molecule has 0 unspecified atom stereocenters. The van der Waals surface area contributed by atoms with Crippen molar-refractivity contribution in [1.82, 2.24) is 0 Å². The van der Waals surface area contributed by atoms with Gasteiger partial charge in [0, 0.05) is 28.5 Å². The molecule has 0 aliphatic carbocycles. The van der Waals surface area contributed by atoms with Crippen molar-refractivity contribution in [2.24, 2.45) is 0 Å². The molecule has 2 N–H and O–H groups in total. The summed E-state index contributed by atoms with van der Waals surface area (Å²) in [5.41, 5.74) is 3.29. The molecule has 3 aromatic rings. The number of methoxy groups -OCH3 is 2. The van der Waals surface area contributed by atoms with Crippen LogP contribution in [0.2, 0.25) is 5.02 Å². The van der Waals surface area contributed by atoms with Gasteiger partial charge in [0.25, 0.3) is 5.91 Å². The van der Waals surface area contributed by atoms with Crippen molar-refractivity contribution >= 4 is 28.9 Å². The average Bonchev–Trinajstić information content (AvgIpc) is 2.73. The molecule has 0 radical (unpaired) electrons. The highest BCUT2D eigenvalue weighted by Crippen LogP contribution is 2.28. The van der Waals surface area contributed by atoms with E-state index in [4.69, 9.17) is 21.1 Å². The van der Waals surface area contributed by atoms with Gasteiger partial charge in [0.2, 0.25) is 0 Å². The topological polar surface area (TPSA) is 59.6 Å². The molecular weight excluding hydrogens is 376 g/mol. The summed E-state index contributed by atoms with van der Waals surface area (Å²) >= 11 is 5.85. The molecule has 1 amide bonds. The van der Waals surface area contributed by atoms with Gasteiger partial charge in [0.15, 0.2) is 11.5 Å². The van der Waals surface area contributed by atoms with Crippen LogP contribution in [0.15, 0.2) is 66.7 Å². The Balaban J connectivity index is 1.58. The minimum absolute atomic E-state index is 0.178. The zero-order valence-electron chi connectivity index (χ0n) is 15.7. The lowest BCUT2D eigenvalue weighted by Crippen LogP contribution is -2.11. The van der Waals surface area contributed by atoms with Gasteiger partial charge in [-0.2, -0.15) is 0 Å². The normalized spacial score (nSPS) is 10.2. The quantitative estimate of drug-likeness (QED) is 0.574. The van der Waals surface area contributed by atoms with Crippen LogP contribution in [-0.4, -0.2) is 20.1 Å². The summed E-state index contributed by atoms with van der Waals surface area (Å²) < 4.78 is 10.6. The predicted molar refractivity (Wildman–Crippen MR) is 113 cm³/mol. The second-order valence-corrected chi connectivity index (χ2v) is 6.52. The first kappa shape index (κ1) is 19.6. The molecule has 0 bridgehead atoms. The van der Waals surface area contributed by atoms with E-state index in [9.17, 15) is 4.79 Å². The van der Waals surface area contributed by atoms with Crippen molar-refractivity contribution in [3.8, 4) is 11.5 Å². The fourth-order valence-corrected chi connectivity index (χ4v) is 2.80. The molecule has 0 aromatic heterocycles. The van der Waals surface area contributed by atoms with Gasteiger partial charge in [-0.15, -0.1) is 0 Å². The number of amides is 1. The molecule has 3 rings (SSSR count). The monoisotopic (exact) mass is 396 g/mol. The number of carbonyl (C=O) groups excluding carboxylic acids is 1. The van der Waals surface area contributed by atoms with E-state index < -0.39 is 0 Å². The van der Waals surface area contributed by atoms with Gasteiger partial charge >= 0.3 is 0 Å². The second-order valence-electron chi connectivity index (χ2n) is 6.08. The summed E-state index contributed by atoms with van der Waals surface area (Å²) in [6.07, 6.45) is 0. The fraction of sp³-hybridized carbons (Fsp3) is 0.136. The smallest absolute Gasteiger partial charge is 0.255 e. The van der Waals surface area contributed by atoms with Crippen LogP contribution in [0.3, 0.4) is 0 Å². The third-order valence-electron chi connectivity index (χ3n) is 4.19. The first-order valence-electron chi connectivity index (χ1n) is 8.71. The number of halogens is 1. The first-order chi connectivity index (χ1) is 13.6. The molecule has 0 spiro atoms. The molecule has 3 aromatic carbocycles. The van der Waals surface area contributed by atoms with E-state index in [1.807, 2.05) is 42.5 Å². The maximum atomic E-state index is 12.2. The van der Waals surface area contributed by atoms with Gasteiger partial charge in [0.1, 0.15) is 0 Å². The van der Waals surface area contributed by atoms with Crippen LogP contribution in [0.25, 0.3) is 0 Å². The number of nitrogens with one attached hydrogen (secondary N) is 2. The van der Waals surface area contributed by atoms with Crippen LogP contribution in [-0.2, 0) is 6.54 Å². The Labute approximate surface area is 169 Å². The molecule has 144 valence electrons. The third-order valence-corrected chi connectivity index (χ3v) is 4.45. The predicted octanol–water partition coefficient (Wildman–Crippen LogP) is 5.22. The molecule has 0 aliphatic heterocycles. The first-order valence-corrected chi connectivity index (χ1v) is 9.08. The summed E-state index contributed by atoms with van der Waals surface area (Å²) in [6, 6.07) is 20.1. The minimum atomic E-state index is -0.178. The number of carbonyl (C=O) groups is 1. The highest BCUT2D eigenvalue weighted by Gasteiger charge is 2.07. The van der Waals surface area contributed by atoms with E-state index in [-0.39, 0.29) is 5.91 Å². The van der Waals surface area contributed by atoms with Crippen molar-refractivity contribution in [2.45, 2.75) is 6.54 Å². The third kappa shape index (κ3) is 4.96. The van der Waals surface area contributed by atoms with Gasteiger partial charge in [0.05, 0.1) is 14.2 Å². The van der Waals surface area contributed by atoms with Gasteiger partial charge < -0.3 is 20.1 Å². The van der Waals surface area contributed by atoms with Crippen molar-refractivity contribution in [1.29, 1.82) is 0 Å². The number of hydrogen-bond acceptors (Lipinski definition) is 4. The van der Waals surface area contributed by atoms with Crippen molar-refractivity contribution in [2.75, 3.05) is 24.9 Å². The molecule has 0 fully saturated rings. The Kier molecular flexibility index (Phi) is 6.40. The number of ether oxygens (including phenoxy) is 2. The maximum Gasteiger partial charge on any atom is 0.255 e. The molecule has 0 atom stereocenters. The lowest BCUT2D eigenvalue weighted by atomic mass is 10.2. The molecule has 6 heteroatoms. The molecule has 5 nitrogen and oxygen atoms in total. The largest absolute Gasteiger partial charge is 0.493 e. The Morgan fingerprint density at radius 1 is 0.857 bits per heavy atom. The number of rotatable bonds is 7. The van der Waals surface area contributed by atoms with Crippen molar-refractivity contribution < 1.29 is 14.3 Å². The highest BCUT2D eigenvalue weighted by atomic mass is 35.5. The summed E-state index contributed by atoms with van der Waals surface area (Å²) in [4.78, 5) is 12.2. The Bertz CT molecular complexity index is 941. The number of benzene rings is 3. The van der Waals surface area contributed by atoms with E-state index >= 15 is 0 Å². The lowest BCUT2D eigenvalue weighted by molar-refractivity contribution is 0.102. The van der Waals surface area contributed by atoms with Gasteiger partial charge in [-0.25, -0.2) is 0 Å². The van der Waals surface area contributed by atoms with Crippen LogP contribution >= 0.6 is 11.6 Å². The maximum absolute atomic E-state index is 12.2. The SMILES string of the molecule is COc1ccc(CNc2ccc(NC(=O)c3ccc(Cl)cc3)cc2)cc1OC. The Morgan fingerprint density at radius 2 is 1.50 bits per heavy atom. The Hall–Kier alpha value is -3.18. The van der Waals surface area contributed by atoms with Crippen LogP contribution in [0.4, 0.5) is 11.4 Å². The minimum Gasteiger partial charge on any atom is -0.493 e. The van der Waals surface area contributed by atoms with Crippen molar-refractivity contribution in [3.05, 3.63) is 82.9 Å². The molecule has 0 saturated heterocycles.